The highest BCUT2D eigenvalue weighted by Gasteiger charge is 2.02. The summed E-state index contributed by atoms with van der Waals surface area (Å²) < 4.78 is 4.65. The van der Waals surface area contributed by atoms with Crippen molar-refractivity contribution in [3.05, 3.63) is 65.2 Å². The Kier molecular flexibility index (Phi) is 3.98. The summed E-state index contributed by atoms with van der Waals surface area (Å²) in [5.41, 5.74) is 9.02. The molecule has 0 aliphatic rings. The molecule has 0 aromatic heterocycles. The fraction of sp³-hybridized carbons (Fsp3) is 0.0625. The molecule has 2 aromatic carbocycles. The van der Waals surface area contributed by atoms with Crippen molar-refractivity contribution in [2.45, 2.75) is 0 Å². The first-order valence-corrected chi connectivity index (χ1v) is 5.91. The van der Waals surface area contributed by atoms with Crippen molar-refractivity contribution in [2.24, 2.45) is 0 Å². The van der Waals surface area contributed by atoms with Crippen LogP contribution in [0.2, 0.25) is 0 Å². The summed E-state index contributed by atoms with van der Waals surface area (Å²) in [6, 6.07) is 14.9. The summed E-state index contributed by atoms with van der Waals surface area (Å²) in [5.74, 6) is -0.325. The number of methoxy groups -OCH3 is 1. The van der Waals surface area contributed by atoms with E-state index in [0.717, 1.165) is 16.8 Å². The van der Waals surface area contributed by atoms with E-state index in [4.69, 9.17) is 5.73 Å². The minimum atomic E-state index is -0.325. The van der Waals surface area contributed by atoms with Crippen LogP contribution >= 0.6 is 0 Å². The fourth-order valence-corrected chi connectivity index (χ4v) is 1.65. The molecular weight excluding hydrogens is 238 g/mol. The van der Waals surface area contributed by atoms with Crippen molar-refractivity contribution in [3.8, 4) is 0 Å². The topological polar surface area (TPSA) is 52.3 Å². The van der Waals surface area contributed by atoms with Gasteiger partial charge >= 0.3 is 5.97 Å². The van der Waals surface area contributed by atoms with Crippen LogP contribution in [0.25, 0.3) is 12.2 Å². The molecule has 96 valence electrons. The molecular formula is C16H15NO2. The second-order valence-electron chi connectivity index (χ2n) is 4.11. The smallest absolute Gasteiger partial charge is 0.337 e. The van der Waals surface area contributed by atoms with E-state index in [9.17, 15) is 4.79 Å². The first-order chi connectivity index (χ1) is 9.19. The Balaban J connectivity index is 2.11. The summed E-state index contributed by atoms with van der Waals surface area (Å²) in [7, 11) is 1.37. The number of hydrogen-bond donors (Lipinski definition) is 1. The van der Waals surface area contributed by atoms with Gasteiger partial charge in [-0.25, -0.2) is 4.79 Å². The number of rotatable bonds is 3. The molecule has 0 spiro atoms. The third kappa shape index (κ3) is 3.45. The molecule has 0 atom stereocenters. The van der Waals surface area contributed by atoms with E-state index < -0.39 is 0 Å². The number of ether oxygens (including phenoxy) is 1. The molecule has 0 saturated heterocycles. The molecule has 2 rings (SSSR count). The van der Waals surface area contributed by atoms with Gasteiger partial charge in [0.25, 0.3) is 0 Å². The highest BCUT2D eigenvalue weighted by molar-refractivity contribution is 5.89. The van der Waals surface area contributed by atoms with Gasteiger partial charge in [0.2, 0.25) is 0 Å². The van der Waals surface area contributed by atoms with Gasteiger partial charge in [-0.2, -0.15) is 0 Å². The van der Waals surface area contributed by atoms with Crippen LogP contribution in [0.5, 0.6) is 0 Å². The molecule has 3 nitrogen and oxygen atoms in total. The summed E-state index contributed by atoms with van der Waals surface area (Å²) in [6.45, 7) is 0. The zero-order chi connectivity index (χ0) is 13.7. The van der Waals surface area contributed by atoms with Crippen molar-refractivity contribution in [1.82, 2.24) is 0 Å². The van der Waals surface area contributed by atoms with Crippen LogP contribution in [0.1, 0.15) is 21.5 Å². The number of hydrogen-bond acceptors (Lipinski definition) is 3. The average Bonchev–Trinajstić information content (AvgIpc) is 2.46. The first kappa shape index (κ1) is 12.9. The SMILES string of the molecule is COC(=O)c1ccc(/C=C/c2ccc(N)cc2)cc1. The number of esters is 1. The quantitative estimate of drug-likeness (QED) is 0.519. The van der Waals surface area contributed by atoms with Crippen LogP contribution in [-0.2, 0) is 4.74 Å². The van der Waals surface area contributed by atoms with E-state index in [1.165, 1.54) is 7.11 Å². The molecule has 2 N–H and O–H groups in total. The Hall–Kier alpha value is -2.55. The van der Waals surface area contributed by atoms with Crippen molar-refractivity contribution < 1.29 is 9.53 Å². The Morgan fingerprint density at radius 1 is 0.947 bits per heavy atom. The second-order valence-corrected chi connectivity index (χ2v) is 4.11. The van der Waals surface area contributed by atoms with Crippen LogP contribution in [0.4, 0.5) is 5.69 Å². The molecule has 0 bridgehead atoms. The summed E-state index contributed by atoms with van der Waals surface area (Å²) in [4.78, 5) is 11.3. The Morgan fingerprint density at radius 2 is 1.42 bits per heavy atom. The monoisotopic (exact) mass is 253 g/mol. The maximum Gasteiger partial charge on any atom is 0.337 e. The first-order valence-electron chi connectivity index (χ1n) is 5.91. The molecule has 2 aromatic rings. The van der Waals surface area contributed by atoms with Crippen LogP contribution in [0, 0.1) is 0 Å². The van der Waals surface area contributed by atoms with Gasteiger partial charge in [-0.15, -0.1) is 0 Å². The minimum absolute atomic E-state index is 0.325. The standard InChI is InChI=1S/C16H15NO2/c1-19-16(18)14-8-4-12(5-9-14)2-3-13-6-10-15(17)11-7-13/h2-11H,17H2,1H3/b3-2+. The number of nitrogen functional groups attached to an aromatic ring is 1. The molecule has 0 radical (unpaired) electrons. The maximum atomic E-state index is 11.3. The molecule has 0 aliphatic carbocycles. The number of carbonyl (C=O) groups excluding carboxylic acids is 1. The maximum absolute atomic E-state index is 11.3. The predicted octanol–water partition coefficient (Wildman–Crippen LogP) is 3.23. The normalized spacial score (nSPS) is 10.6. The second kappa shape index (κ2) is 5.87. The average molecular weight is 253 g/mol. The Morgan fingerprint density at radius 3 is 1.89 bits per heavy atom. The molecule has 0 aliphatic heterocycles. The zero-order valence-corrected chi connectivity index (χ0v) is 10.7. The largest absolute Gasteiger partial charge is 0.465 e. The summed E-state index contributed by atoms with van der Waals surface area (Å²) >= 11 is 0. The highest BCUT2D eigenvalue weighted by Crippen LogP contribution is 2.12. The molecule has 0 amide bonds. The van der Waals surface area contributed by atoms with Crippen LogP contribution in [0.15, 0.2) is 48.5 Å². The minimum Gasteiger partial charge on any atom is -0.465 e. The lowest BCUT2D eigenvalue weighted by Crippen LogP contribution is -2.00. The van der Waals surface area contributed by atoms with Gasteiger partial charge in [0.05, 0.1) is 12.7 Å². The molecule has 19 heavy (non-hydrogen) atoms. The van der Waals surface area contributed by atoms with Gasteiger partial charge in [0.15, 0.2) is 0 Å². The predicted molar refractivity (Wildman–Crippen MR) is 77.6 cm³/mol. The van der Waals surface area contributed by atoms with E-state index in [-0.39, 0.29) is 5.97 Å². The van der Waals surface area contributed by atoms with Crippen molar-refractivity contribution in [3.63, 3.8) is 0 Å². The van der Waals surface area contributed by atoms with E-state index in [2.05, 4.69) is 4.74 Å². The molecule has 0 unspecified atom stereocenters. The van der Waals surface area contributed by atoms with Gasteiger partial charge in [-0.1, -0.05) is 36.4 Å². The van der Waals surface area contributed by atoms with E-state index in [1.807, 2.05) is 48.6 Å². The molecule has 0 heterocycles. The summed E-state index contributed by atoms with van der Waals surface area (Å²) in [5, 5.41) is 0. The number of carbonyl (C=O) groups is 1. The number of benzene rings is 2. The van der Waals surface area contributed by atoms with Crippen molar-refractivity contribution in [2.75, 3.05) is 12.8 Å². The molecule has 0 fully saturated rings. The van der Waals surface area contributed by atoms with Crippen molar-refractivity contribution in [1.29, 1.82) is 0 Å². The lowest BCUT2D eigenvalue weighted by Gasteiger charge is -1.99. The highest BCUT2D eigenvalue weighted by atomic mass is 16.5. The zero-order valence-electron chi connectivity index (χ0n) is 10.7. The third-order valence-electron chi connectivity index (χ3n) is 2.74. The third-order valence-corrected chi connectivity index (χ3v) is 2.74. The lowest BCUT2D eigenvalue weighted by molar-refractivity contribution is 0.0601. The van der Waals surface area contributed by atoms with E-state index >= 15 is 0 Å². The molecule has 0 saturated carbocycles. The van der Waals surface area contributed by atoms with Crippen LogP contribution in [-0.4, -0.2) is 13.1 Å². The number of nitrogens with two attached hydrogens (primary N) is 1. The Labute approximate surface area is 112 Å². The van der Waals surface area contributed by atoms with Gasteiger partial charge in [0, 0.05) is 5.69 Å². The van der Waals surface area contributed by atoms with Gasteiger partial charge in [-0.05, 0) is 35.4 Å². The fourth-order valence-electron chi connectivity index (χ4n) is 1.65. The lowest BCUT2D eigenvalue weighted by atomic mass is 10.1. The Bertz CT molecular complexity index is 583. The van der Waals surface area contributed by atoms with Gasteiger partial charge < -0.3 is 10.5 Å². The van der Waals surface area contributed by atoms with Crippen LogP contribution < -0.4 is 5.73 Å². The van der Waals surface area contributed by atoms with E-state index in [0.29, 0.717) is 5.56 Å². The number of anilines is 1. The van der Waals surface area contributed by atoms with Crippen LogP contribution in [0.3, 0.4) is 0 Å². The van der Waals surface area contributed by atoms with E-state index in [1.54, 1.807) is 12.1 Å². The van der Waals surface area contributed by atoms with Gasteiger partial charge in [-0.3, -0.25) is 0 Å². The van der Waals surface area contributed by atoms with Crippen molar-refractivity contribution >= 4 is 23.8 Å². The molecule has 3 heteroatoms. The van der Waals surface area contributed by atoms with Gasteiger partial charge in [0.1, 0.15) is 0 Å². The summed E-state index contributed by atoms with van der Waals surface area (Å²) in [6.07, 6.45) is 3.97.